The van der Waals surface area contributed by atoms with Gasteiger partial charge in [0.1, 0.15) is 11.4 Å². The van der Waals surface area contributed by atoms with Gasteiger partial charge in [0, 0.05) is 50.9 Å². The molecule has 0 aromatic carbocycles. The fraction of sp³-hybridized carbons (Fsp3) is 0.667. The summed E-state index contributed by atoms with van der Waals surface area (Å²) in [6.07, 6.45) is 2.80. The van der Waals surface area contributed by atoms with E-state index in [9.17, 15) is 9.90 Å². The molecule has 2 fully saturated rings. The molecule has 3 aliphatic rings. The normalized spacial score (nSPS) is 24.8. The van der Waals surface area contributed by atoms with Gasteiger partial charge in [-0.1, -0.05) is 0 Å². The lowest BCUT2D eigenvalue weighted by Crippen LogP contribution is -2.38. The van der Waals surface area contributed by atoms with Crippen molar-refractivity contribution >= 4 is 11.8 Å². The van der Waals surface area contributed by atoms with Crippen molar-refractivity contribution < 1.29 is 19.4 Å². The van der Waals surface area contributed by atoms with Gasteiger partial charge in [-0.3, -0.25) is 4.90 Å². The molecule has 4 heterocycles. The number of morpholine rings is 1. The first-order valence-corrected chi connectivity index (χ1v) is 9.13. The highest BCUT2D eigenvalue weighted by Gasteiger charge is 2.28. The van der Waals surface area contributed by atoms with E-state index in [-0.39, 0.29) is 0 Å². The van der Waals surface area contributed by atoms with Crippen molar-refractivity contribution in [3.63, 3.8) is 0 Å². The third-order valence-electron chi connectivity index (χ3n) is 5.44. The van der Waals surface area contributed by atoms with Gasteiger partial charge in [0.25, 0.3) is 0 Å². The second kappa shape index (κ2) is 7.27. The lowest BCUT2D eigenvalue weighted by molar-refractivity contribution is 0.0695. The largest absolute Gasteiger partial charge is 0.478 e. The van der Waals surface area contributed by atoms with Gasteiger partial charge in [0.2, 0.25) is 0 Å². The van der Waals surface area contributed by atoms with Crippen LogP contribution >= 0.6 is 0 Å². The Kier molecular flexibility index (Phi) is 4.87. The predicted molar refractivity (Wildman–Crippen MR) is 92.4 cm³/mol. The molecule has 0 aliphatic carbocycles. The number of nitrogens with zero attached hydrogens (tertiary/aromatic N) is 3. The molecule has 0 saturated carbocycles. The molecule has 7 nitrogen and oxygen atoms in total. The lowest BCUT2D eigenvalue weighted by atomic mass is 10.1. The van der Waals surface area contributed by atoms with Crippen LogP contribution in [-0.4, -0.2) is 79.6 Å². The maximum absolute atomic E-state index is 11.8. The molecular weight excluding hydrogens is 322 g/mol. The first-order chi connectivity index (χ1) is 12.2. The molecule has 25 heavy (non-hydrogen) atoms. The molecule has 1 N–H and O–H groups in total. The maximum atomic E-state index is 11.8. The molecule has 0 unspecified atom stereocenters. The zero-order valence-electron chi connectivity index (χ0n) is 14.4. The first-order valence-electron chi connectivity index (χ1n) is 9.13. The van der Waals surface area contributed by atoms with E-state index in [1.165, 1.54) is 0 Å². The van der Waals surface area contributed by atoms with Gasteiger partial charge in [-0.15, -0.1) is 0 Å². The molecule has 4 rings (SSSR count). The first kappa shape index (κ1) is 16.8. The van der Waals surface area contributed by atoms with Gasteiger partial charge in [-0.25, -0.2) is 9.78 Å². The molecule has 136 valence electrons. The Labute approximate surface area is 147 Å². The fourth-order valence-electron chi connectivity index (χ4n) is 3.99. The molecule has 1 aromatic rings. The highest BCUT2D eigenvalue weighted by atomic mass is 16.5. The monoisotopic (exact) mass is 347 g/mol. The molecule has 0 amide bonds. The number of pyridine rings is 1. The van der Waals surface area contributed by atoms with E-state index in [1.54, 1.807) is 0 Å². The number of carboxylic acids is 1. The molecular formula is C18H25N3O4. The zero-order valence-corrected chi connectivity index (χ0v) is 14.4. The van der Waals surface area contributed by atoms with E-state index in [4.69, 9.17) is 14.5 Å². The average Bonchev–Trinajstić information content (AvgIpc) is 3.09. The van der Waals surface area contributed by atoms with Crippen LogP contribution in [0.5, 0.6) is 0 Å². The minimum atomic E-state index is -0.901. The van der Waals surface area contributed by atoms with Crippen LogP contribution in [0.3, 0.4) is 0 Å². The Morgan fingerprint density at radius 3 is 2.64 bits per heavy atom. The van der Waals surface area contributed by atoms with E-state index < -0.39 is 5.97 Å². The molecule has 0 spiro atoms. The van der Waals surface area contributed by atoms with E-state index >= 15 is 0 Å². The van der Waals surface area contributed by atoms with Crippen LogP contribution in [0, 0.1) is 0 Å². The van der Waals surface area contributed by atoms with Crippen molar-refractivity contribution in [1.82, 2.24) is 9.88 Å². The second-order valence-electron chi connectivity index (χ2n) is 6.92. The number of fused-ring (bicyclic) bond motifs is 1. The van der Waals surface area contributed by atoms with Gasteiger partial charge in [-0.05, 0) is 24.5 Å². The molecule has 1 atom stereocenters. The average molecular weight is 347 g/mol. The predicted octanol–water partition coefficient (Wildman–Crippen LogP) is 0.806. The van der Waals surface area contributed by atoms with Crippen LogP contribution in [0.2, 0.25) is 0 Å². The van der Waals surface area contributed by atoms with Gasteiger partial charge in [-0.2, -0.15) is 0 Å². The smallest absolute Gasteiger partial charge is 0.339 e. The Bertz CT molecular complexity index is 639. The van der Waals surface area contributed by atoms with Gasteiger partial charge in [0.15, 0.2) is 0 Å². The number of ether oxygens (including phenoxy) is 2. The van der Waals surface area contributed by atoms with Gasteiger partial charge in [0.05, 0.1) is 19.8 Å². The van der Waals surface area contributed by atoms with E-state index in [0.29, 0.717) is 43.7 Å². The standard InChI is InChI=1S/C18H25N3O4/c22-18(23)15-11-13-1-4-20(14-3-8-25-12-14)5-2-16(13)19-17(15)21-6-9-24-10-7-21/h11,14H,1-10,12H2,(H,22,23)/t14-/m0/s1. The number of aromatic carboxylic acids is 1. The number of carbonyl (C=O) groups is 1. The SMILES string of the molecule is O=C(O)c1cc2c(nc1N1CCOCC1)CCN([C@H]1CCOC1)CC2. The molecule has 2 saturated heterocycles. The van der Waals surface area contributed by atoms with Crippen LogP contribution in [-0.2, 0) is 22.3 Å². The van der Waals surface area contributed by atoms with Gasteiger partial charge >= 0.3 is 5.97 Å². The minimum Gasteiger partial charge on any atom is -0.478 e. The molecule has 0 bridgehead atoms. The lowest BCUT2D eigenvalue weighted by Gasteiger charge is -2.29. The number of hydrogen-bond donors (Lipinski definition) is 1. The van der Waals surface area contributed by atoms with E-state index in [2.05, 4.69) is 4.90 Å². The highest BCUT2D eigenvalue weighted by Crippen LogP contribution is 2.26. The summed E-state index contributed by atoms with van der Waals surface area (Å²) in [5.41, 5.74) is 2.45. The summed E-state index contributed by atoms with van der Waals surface area (Å²) < 4.78 is 10.9. The summed E-state index contributed by atoms with van der Waals surface area (Å²) in [7, 11) is 0. The topological polar surface area (TPSA) is 75.1 Å². The number of hydrogen-bond acceptors (Lipinski definition) is 6. The maximum Gasteiger partial charge on any atom is 0.339 e. The fourth-order valence-corrected chi connectivity index (χ4v) is 3.99. The Hall–Kier alpha value is -1.70. The van der Waals surface area contributed by atoms with Crippen LogP contribution < -0.4 is 4.90 Å². The van der Waals surface area contributed by atoms with Crippen molar-refractivity contribution in [2.45, 2.75) is 25.3 Å². The summed E-state index contributed by atoms with van der Waals surface area (Å²) >= 11 is 0. The number of rotatable bonds is 3. The minimum absolute atomic E-state index is 0.318. The Morgan fingerprint density at radius 1 is 1.12 bits per heavy atom. The summed E-state index contributed by atoms with van der Waals surface area (Å²) in [5.74, 6) is -0.297. The Balaban J connectivity index is 1.60. The van der Waals surface area contributed by atoms with E-state index in [0.717, 1.165) is 56.8 Å². The third-order valence-corrected chi connectivity index (χ3v) is 5.44. The second-order valence-corrected chi connectivity index (χ2v) is 6.92. The number of anilines is 1. The van der Waals surface area contributed by atoms with Crippen molar-refractivity contribution in [3.8, 4) is 0 Å². The Morgan fingerprint density at radius 2 is 1.92 bits per heavy atom. The van der Waals surface area contributed by atoms with Crippen molar-refractivity contribution in [2.24, 2.45) is 0 Å². The molecule has 0 radical (unpaired) electrons. The quantitative estimate of drug-likeness (QED) is 0.867. The summed E-state index contributed by atoms with van der Waals surface area (Å²) in [5, 5.41) is 9.67. The van der Waals surface area contributed by atoms with Crippen LogP contribution in [0.1, 0.15) is 28.0 Å². The number of carboxylic acid groups (broad SMARTS) is 1. The third kappa shape index (κ3) is 3.49. The van der Waals surface area contributed by atoms with E-state index in [1.807, 2.05) is 11.0 Å². The van der Waals surface area contributed by atoms with Gasteiger partial charge < -0.3 is 19.5 Å². The molecule has 1 aromatic heterocycles. The zero-order chi connectivity index (χ0) is 17.2. The summed E-state index contributed by atoms with van der Waals surface area (Å²) in [6, 6.07) is 2.34. The summed E-state index contributed by atoms with van der Waals surface area (Å²) in [6.45, 7) is 6.18. The van der Waals surface area contributed by atoms with Crippen molar-refractivity contribution in [1.29, 1.82) is 0 Å². The molecule has 7 heteroatoms. The number of aromatic nitrogens is 1. The van der Waals surface area contributed by atoms with Crippen LogP contribution in [0.4, 0.5) is 5.82 Å². The van der Waals surface area contributed by atoms with Crippen molar-refractivity contribution in [3.05, 3.63) is 22.9 Å². The summed E-state index contributed by atoms with van der Waals surface area (Å²) in [4.78, 5) is 21.1. The van der Waals surface area contributed by atoms with Crippen LogP contribution in [0.25, 0.3) is 0 Å². The highest BCUT2D eigenvalue weighted by molar-refractivity contribution is 5.93. The molecule has 3 aliphatic heterocycles. The van der Waals surface area contributed by atoms with Crippen molar-refractivity contribution in [2.75, 3.05) is 57.5 Å². The van der Waals surface area contributed by atoms with Crippen LogP contribution in [0.15, 0.2) is 6.07 Å².